The number of anilines is 1. The molecule has 154 valence electrons. The van der Waals surface area contributed by atoms with Gasteiger partial charge in [-0.1, -0.05) is 43.3 Å². The molecule has 6 heteroatoms. The average molecular weight is 402 g/mol. The van der Waals surface area contributed by atoms with Gasteiger partial charge in [0.25, 0.3) is 5.91 Å². The number of carbonyl (C=O) groups excluding carboxylic acids is 2. The van der Waals surface area contributed by atoms with Gasteiger partial charge < -0.3 is 4.98 Å². The Bertz CT molecular complexity index is 1070. The fourth-order valence-electron chi connectivity index (χ4n) is 5.00. The van der Waals surface area contributed by atoms with Crippen molar-refractivity contribution >= 4 is 28.8 Å². The molecule has 1 aliphatic carbocycles. The van der Waals surface area contributed by atoms with Gasteiger partial charge in [-0.25, -0.2) is 9.88 Å². The summed E-state index contributed by atoms with van der Waals surface area (Å²) >= 11 is 0. The maximum Gasteiger partial charge on any atom is 0.253 e. The summed E-state index contributed by atoms with van der Waals surface area (Å²) in [6.45, 7) is 2.66. The van der Waals surface area contributed by atoms with Crippen LogP contribution in [0, 0.1) is 0 Å². The molecule has 0 spiro atoms. The number of H-pyrrole nitrogens is 1. The molecule has 0 radical (unpaired) electrons. The highest BCUT2D eigenvalue weighted by atomic mass is 16.2. The number of amides is 2. The van der Waals surface area contributed by atoms with Crippen molar-refractivity contribution in [3.8, 4) is 0 Å². The van der Waals surface area contributed by atoms with Gasteiger partial charge in [0, 0.05) is 12.5 Å². The quantitative estimate of drug-likeness (QED) is 0.717. The summed E-state index contributed by atoms with van der Waals surface area (Å²) in [6.07, 6.45) is 4.05. The Kier molecular flexibility index (Phi) is 4.87. The topological polar surface area (TPSA) is 69.3 Å². The van der Waals surface area contributed by atoms with E-state index in [1.54, 1.807) is 6.92 Å². The van der Waals surface area contributed by atoms with Crippen LogP contribution in [0.3, 0.4) is 0 Å². The van der Waals surface area contributed by atoms with Gasteiger partial charge in [0.05, 0.1) is 17.1 Å². The zero-order chi connectivity index (χ0) is 20.7. The summed E-state index contributed by atoms with van der Waals surface area (Å²) in [4.78, 5) is 37.9. The SMILES string of the molecule is CCC(=O)N(C(=O)[C@@H]1CCCN1C1CCc2ccccc21)c1nc2ccccc2[nH]1. The fraction of sp³-hybridized carbons (Fsp3) is 0.375. The van der Waals surface area contributed by atoms with Crippen LogP contribution in [0.5, 0.6) is 0 Å². The van der Waals surface area contributed by atoms with E-state index in [-0.39, 0.29) is 30.3 Å². The molecule has 1 aromatic heterocycles. The summed E-state index contributed by atoms with van der Waals surface area (Å²) in [5.74, 6) is -0.0627. The largest absolute Gasteiger partial charge is 0.323 e. The molecule has 1 saturated heterocycles. The smallest absolute Gasteiger partial charge is 0.253 e. The highest BCUT2D eigenvalue weighted by Gasteiger charge is 2.42. The second-order valence-electron chi connectivity index (χ2n) is 8.15. The van der Waals surface area contributed by atoms with Crippen LogP contribution in [0.2, 0.25) is 0 Å². The Hall–Kier alpha value is -2.99. The van der Waals surface area contributed by atoms with Crippen LogP contribution in [0.15, 0.2) is 48.5 Å². The molecule has 0 saturated carbocycles. The highest BCUT2D eigenvalue weighted by molar-refractivity contribution is 6.16. The number of aromatic amines is 1. The molecule has 3 aromatic rings. The van der Waals surface area contributed by atoms with Crippen molar-refractivity contribution in [3.05, 3.63) is 59.7 Å². The van der Waals surface area contributed by atoms with E-state index in [1.807, 2.05) is 24.3 Å². The number of nitrogens with zero attached hydrogens (tertiary/aromatic N) is 3. The first-order chi connectivity index (χ1) is 14.7. The van der Waals surface area contributed by atoms with Crippen LogP contribution in [0.4, 0.5) is 5.95 Å². The second kappa shape index (κ2) is 7.69. The Morgan fingerprint density at radius 3 is 2.77 bits per heavy atom. The number of nitrogens with one attached hydrogen (secondary N) is 1. The number of fused-ring (bicyclic) bond motifs is 2. The standard InChI is InChI=1S/C24H26N4O2/c1-2-22(29)28(24-25-18-10-5-6-11-19(18)26-24)23(30)21-12-7-15-27(21)20-14-13-16-8-3-4-9-17(16)20/h3-6,8-11,20-21H,2,7,12-15H2,1H3,(H,25,26)/t20?,21-/m0/s1. The number of aryl methyl sites for hydroxylation is 1. The number of hydrogen-bond donors (Lipinski definition) is 1. The third-order valence-corrected chi connectivity index (χ3v) is 6.44. The van der Waals surface area contributed by atoms with Gasteiger partial charge >= 0.3 is 0 Å². The minimum Gasteiger partial charge on any atom is -0.323 e. The number of aromatic nitrogens is 2. The summed E-state index contributed by atoms with van der Waals surface area (Å²) in [5, 5.41) is 0. The number of rotatable bonds is 4. The first-order valence-electron chi connectivity index (χ1n) is 10.8. The van der Waals surface area contributed by atoms with Crippen molar-refractivity contribution in [1.29, 1.82) is 0 Å². The van der Waals surface area contributed by atoms with Crippen LogP contribution in [-0.2, 0) is 16.0 Å². The summed E-state index contributed by atoms with van der Waals surface area (Å²) in [7, 11) is 0. The van der Waals surface area contributed by atoms with E-state index in [0.717, 1.165) is 43.3 Å². The van der Waals surface area contributed by atoms with E-state index in [4.69, 9.17) is 0 Å². The van der Waals surface area contributed by atoms with Crippen molar-refractivity contribution < 1.29 is 9.59 Å². The molecule has 1 unspecified atom stereocenters. The molecule has 2 atom stereocenters. The highest BCUT2D eigenvalue weighted by Crippen LogP contribution is 2.40. The molecule has 1 aliphatic heterocycles. The molecule has 1 fully saturated rings. The molecule has 1 N–H and O–H groups in total. The summed E-state index contributed by atoms with van der Waals surface area (Å²) in [5.41, 5.74) is 4.28. The van der Waals surface area contributed by atoms with Crippen LogP contribution in [0.25, 0.3) is 11.0 Å². The van der Waals surface area contributed by atoms with E-state index in [1.165, 1.54) is 16.0 Å². The van der Waals surface area contributed by atoms with Gasteiger partial charge in [0.15, 0.2) is 0 Å². The van der Waals surface area contributed by atoms with Gasteiger partial charge in [0.1, 0.15) is 0 Å². The van der Waals surface area contributed by atoms with Gasteiger partial charge in [-0.3, -0.25) is 14.5 Å². The van der Waals surface area contributed by atoms with Crippen molar-refractivity contribution in [2.24, 2.45) is 0 Å². The first-order valence-corrected chi connectivity index (χ1v) is 10.8. The molecule has 30 heavy (non-hydrogen) atoms. The normalized spacial score (nSPS) is 21.1. The predicted molar refractivity (Wildman–Crippen MR) is 116 cm³/mol. The summed E-state index contributed by atoms with van der Waals surface area (Å²) < 4.78 is 0. The molecule has 2 amide bonds. The molecular formula is C24H26N4O2. The molecule has 2 aliphatic rings. The van der Waals surface area contributed by atoms with Crippen LogP contribution < -0.4 is 4.90 Å². The van der Waals surface area contributed by atoms with Crippen LogP contribution >= 0.6 is 0 Å². The molecule has 5 rings (SSSR count). The van der Waals surface area contributed by atoms with Gasteiger partial charge in [-0.2, -0.15) is 0 Å². The fourth-order valence-corrected chi connectivity index (χ4v) is 5.00. The van der Waals surface area contributed by atoms with E-state index >= 15 is 0 Å². The Morgan fingerprint density at radius 2 is 1.93 bits per heavy atom. The summed E-state index contributed by atoms with van der Waals surface area (Å²) in [6, 6.07) is 16.1. The minimum absolute atomic E-state index is 0.164. The van der Waals surface area contributed by atoms with Gasteiger partial charge in [0.2, 0.25) is 11.9 Å². The van der Waals surface area contributed by atoms with E-state index < -0.39 is 0 Å². The van der Waals surface area contributed by atoms with Crippen LogP contribution in [-0.4, -0.2) is 39.3 Å². The number of imidazole rings is 1. The zero-order valence-electron chi connectivity index (χ0n) is 17.2. The number of para-hydroxylation sites is 2. The molecule has 0 bridgehead atoms. The number of likely N-dealkylation sites (tertiary alicyclic amines) is 1. The minimum atomic E-state index is -0.301. The molecular weight excluding hydrogens is 376 g/mol. The lowest BCUT2D eigenvalue weighted by atomic mass is 10.1. The number of benzene rings is 2. The second-order valence-corrected chi connectivity index (χ2v) is 8.15. The number of hydrogen-bond acceptors (Lipinski definition) is 4. The van der Waals surface area contributed by atoms with Gasteiger partial charge in [-0.15, -0.1) is 0 Å². The van der Waals surface area contributed by atoms with Crippen molar-refractivity contribution in [3.63, 3.8) is 0 Å². The average Bonchev–Trinajstić information content (AvgIpc) is 3.50. The maximum absolute atomic E-state index is 13.7. The lowest BCUT2D eigenvalue weighted by Gasteiger charge is -2.32. The lowest BCUT2D eigenvalue weighted by molar-refractivity contribution is -0.129. The monoisotopic (exact) mass is 402 g/mol. The third kappa shape index (κ3) is 3.12. The molecule has 6 nitrogen and oxygen atoms in total. The van der Waals surface area contributed by atoms with Crippen molar-refractivity contribution in [2.45, 2.75) is 51.1 Å². The van der Waals surface area contributed by atoms with Crippen LogP contribution in [0.1, 0.15) is 49.8 Å². The van der Waals surface area contributed by atoms with E-state index in [9.17, 15) is 9.59 Å². The maximum atomic E-state index is 13.7. The first kappa shape index (κ1) is 19.0. The number of carbonyl (C=O) groups is 2. The van der Waals surface area contributed by atoms with Gasteiger partial charge in [-0.05, 0) is 55.5 Å². The Morgan fingerprint density at radius 1 is 1.13 bits per heavy atom. The Balaban J connectivity index is 1.48. The molecule has 2 heterocycles. The third-order valence-electron chi connectivity index (χ3n) is 6.44. The van der Waals surface area contributed by atoms with Crippen molar-refractivity contribution in [2.75, 3.05) is 11.4 Å². The predicted octanol–water partition coefficient (Wildman–Crippen LogP) is 3.98. The zero-order valence-corrected chi connectivity index (χ0v) is 17.2. The lowest BCUT2D eigenvalue weighted by Crippen LogP contribution is -2.49. The van der Waals surface area contributed by atoms with E-state index in [0.29, 0.717) is 5.95 Å². The Labute approximate surface area is 175 Å². The van der Waals surface area contributed by atoms with E-state index in [2.05, 4.69) is 39.1 Å². The number of imide groups is 1. The van der Waals surface area contributed by atoms with Crippen molar-refractivity contribution in [1.82, 2.24) is 14.9 Å². The molecule has 2 aromatic carbocycles.